The first-order valence-electron chi connectivity index (χ1n) is 12.4. The van der Waals surface area contributed by atoms with E-state index in [0.717, 1.165) is 4.90 Å². The molecular formula is C18H23NO. The largest absolute Gasteiger partial charge is 0.367 e. The molecule has 0 amide bonds. The van der Waals surface area contributed by atoms with Crippen LogP contribution >= 0.6 is 0 Å². The van der Waals surface area contributed by atoms with Gasteiger partial charge in [0.2, 0.25) is 0 Å². The van der Waals surface area contributed by atoms with Gasteiger partial charge in [-0.3, -0.25) is 0 Å². The molecule has 0 aliphatic heterocycles. The van der Waals surface area contributed by atoms with Gasteiger partial charge in [-0.2, -0.15) is 0 Å². The van der Waals surface area contributed by atoms with Gasteiger partial charge < -0.3 is 9.64 Å². The molecule has 0 heterocycles. The third-order valence-electron chi connectivity index (χ3n) is 2.40. The molecule has 106 valence electrons. The molecule has 0 aliphatic carbocycles. The second-order valence-corrected chi connectivity index (χ2v) is 4.18. The first-order valence-corrected chi connectivity index (χ1v) is 5.89. The minimum absolute atomic E-state index is 0.0981. The quantitative estimate of drug-likeness (QED) is 0.801. The Labute approximate surface area is 140 Å². The second-order valence-electron chi connectivity index (χ2n) is 4.18. The lowest BCUT2D eigenvalue weighted by atomic mass is 9.97. The summed E-state index contributed by atoms with van der Waals surface area (Å²) in [7, 11) is 2.50. The van der Waals surface area contributed by atoms with E-state index in [0.29, 0.717) is 0 Å². The van der Waals surface area contributed by atoms with Gasteiger partial charge in [-0.05, 0) is 37.7 Å². The van der Waals surface area contributed by atoms with Crippen molar-refractivity contribution in [3.63, 3.8) is 0 Å². The summed E-state index contributed by atoms with van der Waals surface area (Å²) < 4.78 is 111. The molecule has 0 bridgehead atoms. The molecule has 2 aromatic carbocycles. The standard InChI is InChI=1S/C18H23NO/c1-15-9-7-8-12-17(15)18(20-14-13-19(2)3)16-10-5-4-6-11-16/h4-12,18H,13-14H2,1-3H3/i4D,5D,6D,7D,8D,9D,10D,11D,12D,13D2,14D2. The first-order chi connectivity index (χ1) is 14.9. The Kier molecular flexibility index (Phi) is 1.91. The van der Waals surface area contributed by atoms with Gasteiger partial charge >= 0.3 is 0 Å². The van der Waals surface area contributed by atoms with Crippen LogP contribution in [0.2, 0.25) is 0 Å². The van der Waals surface area contributed by atoms with Crippen LogP contribution in [0.15, 0.2) is 54.4 Å². The maximum absolute atomic E-state index is 8.34. The van der Waals surface area contributed by atoms with Crippen LogP contribution < -0.4 is 0 Å². The Morgan fingerprint density at radius 1 is 1.10 bits per heavy atom. The van der Waals surface area contributed by atoms with E-state index in [-0.39, 0.29) is 11.1 Å². The van der Waals surface area contributed by atoms with Gasteiger partial charge in [0.05, 0.1) is 21.6 Å². The fourth-order valence-corrected chi connectivity index (χ4v) is 1.48. The number of nitrogens with zero attached hydrogens (tertiary/aromatic N) is 1. The third kappa shape index (κ3) is 3.92. The fourth-order valence-electron chi connectivity index (χ4n) is 1.48. The van der Waals surface area contributed by atoms with Gasteiger partial charge in [0.25, 0.3) is 0 Å². The molecule has 0 aromatic heterocycles. The molecule has 2 nitrogen and oxygen atoms in total. The van der Waals surface area contributed by atoms with Gasteiger partial charge in [-0.15, -0.1) is 0 Å². The normalized spacial score (nSPS) is 23.3. The smallest absolute Gasteiger partial charge is 0.108 e. The van der Waals surface area contributed by atoms with Crippen molar-refractivity contribution in [1.29, 1.82) is 0 Å². The van der Waals surface area contributed by atoms with Crippen LogP contribution in [0.1, 0.15) is 40.6 Å². The Morgan fingerprint density at radius 3 is 2.45 bits per heavy atom. The summed E-state index contributed by atoms with van der Waals surface area (Å²) in [6.45, 7) is -4.61. The van der Waals surface area contributed by atoms with Crippen molar-refractivity contribution < 1.29 is 22.6 Å². The van der Waals surface area contributed by atoms with Crippen LogP contribution in [0.3, 0.4) is 0 Å². The minimum atomic E-state index is -3.15. The molecule has 0 saturated carbocycles. The number of hydrogen-bond donors (Lipinski definition) is 0. The molecule has 0 fully saturated rings. The monoisotopic (exact) mass is 282 g/mol. The van der Waals surface area contributed by atoms with Crippen molar-refractivity contribution in [2.24, 2.45) is 0 Å². The zero-order valence-electron chi connectivity index (χ0n) is 24.4. The maximum atomic E-state index is 8.34. The van der Waals surface area contributed by atoms with Crippen LogP contribution in [-0.4, -0.2) is 32.1 Å². The summed E-state index contributed by atoms with van der Waals surface area (Å²) in [5.41, 5.74) is -1.04. The molecule has 0 spiro atoms. The molecule has 0 aliphatic rings. The van der Waals surface area contributed by atoms with Crippen molar-refractivity contribution in [3.8, 4) is 0 Å². The number of benzene rings is 2. The lowest BCUT2D eigenvalue weighted by Gasteiger charge is -2.22. The summed E-state index contributed by atoms with van der Waals surface area (Å²) in [6.07, 6.45) is -1.95. The summed E-state index contributed by atoms with van der Waals surface area (Å²) in [5, 5.41) is 0. The molecule has 1 atom stereocenters. The highest BCUT2D eigenvalue weighted by atomic mass is 16.5. The van der Waals surface area contributed by atoms with E-state index in [1.165, 1.54) is 21.0 Å². The molecule has 0 radical (unpaired) electrons. The van der Waals surface area contributed by atoms with E-state index in [2.05, 4.69) is 0 Å². The van der Waals surface area contributed by atoms with E-state index in [4.69, 9.17) is 22.6 Å². The molecule has 20 heavy (non-hydrogen) atoms. The number of rotatable bonds is 6. The van der Waals surface area contributed by atoms with Crippen molar-refractivity contribution >= 4 is 0 Å². The highest BCUT2D eigenvalue weighted by molar-refractivity contribution is 5.35. The highest BCUT2D eigenvalue weighted by Crippen LogP contribution is 2.28. The molecule has 1 unspecified atom stereocenters. The lowest BCUT2D eigenvalue weighted by molar-refractivity contribution is 0.0683. The lowest BCUT2D eigenvalue weighted by Crippen LogP contribution is -2.20. The average molecular weight is 282 g/mol. The summed E-state index contributed by atoms with van der Waals surface area (Å²) in [5.74, 6) is 0. The van der Waals surface area contributed by atoms with Crippen LogP contribution in [-0.2, 0) is 4.74 Å². The summed E-state index contributed by atoms with van der Waals surface area (Å²) >= 11 is 0. The third-order valence-corrected chi connectivity index (χ3v) is 2.40. The number of likely N-dealkylation sites (N-methyl/N-ethyl adjacent to an activating group) is 1. The summed E-state index contributed by atoms with van der Waals surface area (Å²) in [6, 6.07) is -6.17. The van der Waals surface area contributed by atoms with E-state index in [9.17, 15) is 0 Å². The Balaban J connectivity index is 3.00. The van der Waals surface area contributed by atoms with Gasteiger partial charge in [0.1, 0.15) is 6.10 Å². The molecule has 2 rings (SSSR count). The van der Waals surface area contributed by atoms with Gasteiger partial charge in [0, 0.05) is 9.24 Å². The van der Waals surface area contributed by atoms with Crippen LogP contribution in [0.5, 0.6) is 0 Å². The number of ether oxygens (including phenoxy) is 1. The van der Waals surface area contributed by atoms with Crippen molar-refractivity contribution in [1.82, 2.24) is 4.90 Å². The minimum Gasteiger partial charge on any atom is -0.367 e. The van der Waals surface area contributed by atoms with Crippen LogP contribution in [0, 0.1) is 6.92 Å². The number of hydrogen-bond acceptors (Lipinski definition) is 2. The van der Waals surface area contributed by atoms with Crippen LogP contribution in [0.4, 0.5) is 0 Å². The topological polar surface area (TPSA) is 12.5 Å². The summed E-state index contributed by atoms with van der Waals surface area (Å²) in [4.78, 5) is 0.888. The average Bonchev–Trinajstić information content (AvgIpc) is 2.73. The van der Waals surface area contributed by atoms with Gasteiger partial charge in [0.15, 0.2) is 0 Å². The van der Waals surface area contributed by atoms with E-state index in [1.807, 2.05) is 0 Å². The van der Waals surface area contributed by atoms with Gasteiger partial charge in [-0.25, -0.2) is 0 Å². The fraction of sp³-hybridized carbons (Fsp3) is 0.333. The molecule has 2 aromatic rings. The molecule has 0 saturated heterocycles. The van der Waals surface area contributed by atoms with E-state index >= 15 is 0 Å². The van der Waals surface area contributed by atoms with Gasteiger partial charge in [-0.1, -0.05) is 54.4 Å². The maximum Gasteiger partial charge on any atom is 0.108 e. The first kappa shape index (κ1) is 5.28. The van der Waals surface area contributed by atoms with Crippen LogP contribution in [0.25, 0.3) is 0 Å². The highest BCUT2D eigenvalue weighted by Gasteiger charge is 2.16. The predicted octanol–water partition coefficient (Wildman–Crippen LogP) is 3.66. The van der Waals surface area contributed by atoms with E-state index < -0.39 is 79.1 Å². The second kappa shape index (κ2) is 7.22. The Hall–Kier alpha value is -1.64. The predicted molar refractivity (Wildman–Crippen MR) is 84.0 cm³/mol. The van der Waals surface area contributed by atoms with Crippen molar-refractivity contribution in [2.45, 2.75) is 13.0 Å². The van der Waals surface area contributed by atoms with Crippen molar-refractivity contribution in [2.75, 3.05) is 27.2 Å². The molecular weight excluding hydrogens is 246 g/mol. The SMILES string of the molecule is [2H]c1c([2H])c([2H])c(C(OC([2H])([2H])C([2H])([2H])N(C)C)c2c([2H])c([2H])c([2H])c([2H])c2C)c([2H])c1[2H]. The zero-order chi connectivity index (χ0) is 25.8. The Bertz CT molecular complexity index is 972. The zero-order valence-corrected chi connectivity index (χ0v) is 11.4. The van der Waals surface area contributed by atoms with E-state index in [1.54, 1.807) is 0 Å². The Morgan fingerprint density at radius 2 is 1.75 bits per heavy atom. The molecule has 0 N–H and O–H groups in total. The molecule has 2 heteroatoms. The van der Waals surface area contributed by atoms with Crippen molar-refractivity contribution in [3.05, 3.63) is 71.1 Å².